The highest BCUT2D eigenvalue weighted by Crippen LogP contribution is 2.10. The second-order valence-electron chi connectivity index (χ2n) is 3.19. The van der Waals surface area contributed by atoms with E-state index in [2.05, 4.69) is 6.58 Å². The molecule has 0 rings (SSSR count). The molecule has 0 atom stereocenters. The Morgan fingerprint density at radius 1 is 1.23 bits per heavy atom. The zero-order valence-corrected chi connectivity index (χ0v) is 9.37. The van der Waals surface area contributed by atoms with E-state index >= 15 is 0 Å². The van der Waals surface area contributed by atoms with Gasteiger partial charge in [0, 0.05) is 12.7 Å². The highest BCUT2D eigenvalue weighted by molar-refractivity contribution is 8.13. The molecule has 1 nitrogen and oxygen atoms in total. The van der Waals surface area contributed by atoms with Crippen LogP contribution in [0, 0.1) is 0 Å². The summed E-state index contributed by atoms with van der Waals surface area (Å²) >= 11 is 1.44. The van der Waals surface area contributed by atoms with Gasteiger partial charge < -0.3 is 0 Å². The van der Waals surface area contributed by atoms with Gasteiger partial charge in [0.15, 0.2) is 5.12 Å². The molecule has 0 amide bonds. The minimum atomic E-state index is 0.242. The van der Waals surface area contributed by atoms with Gasteiger partial charge in [-0.3, -0.25) is 4.79 Å². The van der Waals surface area contributed by atoms with Crippen LogP contribution in [0.25, 0.3) is 0 Å². The molecule has 0 fully saturated rings. The van der Waals surface area contributed by atoms with Crippen molar-refractivity contribution in [1.82, 2.24) is 0 Å². The lowest BCUT2D eigenvalue weighted by molar-refractivity contribution is -0.109. The van der Waals surface area contributed by atoms with Gasteiger partial charge in [-0.2, -0.15) is 0 Å². The summed E-state index contributed by atoms with van der Waals surface area (Å²) < 4.78 is 0. The zero-order valence-electron chi connectivity index (χ0n) is 8.55. The lowest BCUT2D eigenvalue weighted by Gasteiger charge is -1.98. The molecule has 0 aromatic rings. The number of allylic oxidation sites excluding steroid dienone is 1. The topological polar surface area (TPSA) is 17.1 Å². The van der Waals surface area contributed by atoms with Crippen molar-refractivity contribution in [2.75, 3.05) is 5.75 Å². The number of hydrogen-bond donors (Lipinski definition) is 0. The second kappa shape index (κ2) is 9.85. The molecule has 0 saturated carbocycles. The van der Waals surface area contributed by atoms with E-state index in [0.29, 0.717) is 0 Å². The summed E-state index contributed by atoms with van der Waals surface area (Å²) in [5.41, 5.74) is 0. The standard InChI is InChI=1S/C11H20OS/c1-3-4-5-6-7-8-9-10-13-11(2)12/h3H,1,4-10H2,2H3. The zero-order chi connectivity index (χ0) is 9.94. The van der Waals surface area contributed by atoms with E-state index in [-0.39, 0.29) is 5.12 Å². The average molecular weight is 200 g/mol. The number of carbonyl (C=O) groups is 1. The van der Waals surface area contributed by atoms with Crippen molar-refractivity contribution < 1.29 is 4.79 Å². The van der Waals surface area contributed by atoms with Crippen LogP contribution < -0.4 is 0 Å². The van der Waals surface area contributed by atoms with Gasteiger partial charge in [0.1, 0.15) is 0 Å². The van der Waals surface area contributed by atoms with Crippen LogP contribution in [0.2, 0.25) is 0 Å². The van der Waals surface area contributed by atoms with Crippen LogP contribution in [0.1, 0.15) is 45.4 Å². The van der Waals surface area contributed by atoms with Gasteiger partial charge in [-0.05, 0) is 19.3 Å². The summed E-state index contributed by atoms with van der Waals surface area (Å²) in [6.07, 6.45) is 9.43. The van der Waals surface area contributed by atoms with Gasteiger partial charge in [-0.1, -0.05) is 37.1 Å². The Hall–Kier alpha value is -0.240. The first-order chi connectivity index (χ1) is 6.27. The van der Waals surface area contributed by atoms with Gasteiger partial charge in [-0.15, -0.1) is 6.58 Å². The molecule has 0 aliphatic rings. The van der Waals surface area contributed by atoms with Crippen LogP contribution in [-0.4, -0.2) is 10.9 Å². The summed E-state index contributed by atoms with van der Waals surface area (Å²) in [4.78, 5) is 10.6. The average Bonchev–Trinajstić information content (AvgIpc) is 2.09. The van der Waals surface area contributed by atoms with Crippen LogP contribution in [0.5, 0.6) is 0 Å². The first-order valence-corrected chi connectivity index (χ1v) is 6.00. The lowest BCUT2D eigenvalue weighted by atomic mass is 10.1. The second-order valence-corrected chi connectivity index (χ2v) is 4.46. The maximum Gasteiger partial charge on any atom is 0.185 e. The molecule has 0 saturated heterocycles. The van der Waals surface area contributed by atoms with E-state index in [1.165, 1.54) is 43.9 Å². The fraction of sp³-hybridized carbons (Fsp3) is 0.727. The Bertz CT molecular complexity index is 143. The monoisotopic (exact) mass is 200 g/mol. The number of thioether (sulfide) groups is 1. The van der Waals surface area contributed by atoms with Crippen LogP contribution >= 0.6 is 11.8 Å². The molecule has 0 N–H and O–H groups in total. The molecule has 0 aliphatic heterocycles. The SMILES string of the molecule is C=CCCCCCCCSC(C)=O. The van der Waals surface area contributed by atoms with Gasteiger partial charge in [0.05, 0.1) is 0 Å². The molecule has 2 heteroatoms. The maximum atomic E-state index is 10.6. The molecule has 0 unspecified atom stereocenters. The largest absolute Gasteiger partial charge is 0.288 e. The molecule has 13 heavy (non-hydrogen) atoms. The van der Waals surface area contributed by atoms with E-state index in [9.17, 15) is 4.79 Å². The summed E-state index contributed by atoms with van der Waals surface area (Å²) in [5.74, 6) is 0.997. The number of hydrogen-bond acceptors (Lipinski definition) is 2. The van der Waals surface area contributed by atoms with E-state index in [1.807, 2.05) is 6.08 Å². The third-order valence-electron chi connectivity index (χ3n) is 1.86. The predicted molar refractivity (Wildman–Crippen MR) is 61.0 cm³/mol. The Morgan fingerprint density at radius 2 is 1.85 bits per heavy atom. The van der Waals surface area contributed by atoms with Crippen molar-refractivity contribution >= 4 is 16.9 Å². The van der Waals surface area contributed by atoms with Gasteiger partial charge in [0.25, 0.3) is 0 Å². The van der Waals surface area contributed by atoms with Crippen molar-refractivity contribution in [2.45, 2.75) is 45.4 Å². The van der Waals surface area contributed by atoms with Crippen LogP contribution in [0.15, 0.2) is 12.7 Å². The van der Waals surface area contributed by atoms with Crippen molar-refractivity contribution in [3.8, 4) is 0 Å². The highest BCUT2D eigenvalue weighted by atomic mass is 32.2. The first kappa shape index (κ1) is 12.8. The smallest absolute Gasteiger partial charge is 0.185 e. The normalized spacial score (nSPS) is 9.92. The molecule has 0 aromatic carbocycles. The lowest BCUT2D eigenvalue weighted by Crippen LogP contribution is -1.86. The molecule has 0 spiro atoms. The van der Waals surface area contributed by atoms with Gasteiger partial charge in [0.2, 0.25) is 0 Å². The third kappa shape index (κ3) is 11.8. The Balaban J connectivity index is 2.91. The Labute approximate surface area is 86.0 Å². The van der Waals surface area contributed by atoms with Crippen LogP contribution in [0.3, 0.4) is 0 Å². The van der Waals surface area contributed by atoms with E-state index in [1.54, 1.807) is 6.92 Å². The molecule has 0 heterocycles. The van der Waals surface area contributed by atoms with Crippen LogP contribution in [-0.2, 0) is 4.79 Å². The van der Waals surface area contributed by atoms with E-state index in [0.717, 1.165) is 12.2 Å². The summed E-state index contributed by atoms with van der Waals surface area (Å²) in [6.45, 7) is 5.32. The van der Waals surface area contributed by atoms with Gasteiger partial charge in [-0.25, -0.2) is 0 Å². The summed E-state index contributed by atoms with van der Waals surface area (Å²) in [5, 5.41) is 0.242. The van der Waals surface area contributed by atoms with E-state index in [4.69, 9.17) is 0 Å². The minimum absolute atomic E-state index is 0.242. The molecule has 0 radical (unpaired) electrons. The number of carbonyl (C=O) groups excluding carboxylic acids is 1. The maximum absolute atomic E-state index is 10.6. The number of rotatable bonds is 8. The molecule has 0 aliphatic carbocycles. The molecular weight excluding hydrogens is 180 g/mol. The molecular formula is C11H20OS. The predicted octanol–water partition coefficient (Wildman–Crippen LogP) is 3.79. The van der Waals surface area contributed by atoms with Crippen molar-refractivity contribution in [2.24, 2.45) is 0 Å². The Kier molecular flexibility index (Phi) is 9.66. The molecule has 0 bridgehead atoms. The molecule has 0 aromatic heterocycles. The fourth-order valence-electron chi connectivity index (χ4n) is 1.14. The fourth-order valence-corrected chi connectivity index (χ4v) is 1.77. The van der Waals surface area contributed by atoms with Crippen molar-refractivity contribution in [3.63, 3.8) is 0 Å². The van der Waals surface area contributed by atoms with E-state index < -0.39 is 0 Å². The minimum Gasteiger partial charge on any atom is -0.288 e. The van der Waals surface area contributed by atoms with Crippen molar-refractivity contribution in [1.29, 1.82) is 0 Å². The summed E-state index contributed by atoms with van der Waals surface area (Å²) in [7, 11) is 0. The highest BCUT2D eigenvalue weighted by Gasteiger charge is 1.94. The molecule has 76 valence electrons. The van der Waals surface area contributed by atoms with Gasteiger partial charge >= 0.3 is 0 Å². The van der Waals surface area contributed by atoms with Crippen molar-refractivity contribution in [3.05, 3.63) is 12.7 Å². The quantitative estimate of drug-likeness (QED) is 0.438. The number of unbranched alkanes of at least 4 members (excludes halogenated alkanes) is 5. The van der Waals surface area contributed by atoms with Crippen LogP contribution in [0.4, 0.5) is 0 Å². The summed E-state index contributed by atoms with van der Waals surface area (Å²) in [6, 6.07) is 0. The first-order valence-electron chi connectivity index (χ1n) is 5.01. The third-order valence-corrected chi connectivity index (χ3v) is 2.76. The Morgan fingerprint density at radius 3 is 2.46 bits per heavy atom.